The normalized spacial score (nSPS) is 10.9. The van der Waals surface area contributed by atoms with Crippen LogP contribution in [0, 0.1) is 11.3 Å². The van der Waals surface area contributed by atoms with Gasteiger partial charge in [0.05, 0.1) is 12.9 Å². The number of aromatic nitrogens is 2. The zero-order chi connectivity index (χ0) is 22.2. The number of anilines is 1. The Bertz CT molecular complexity index is 1150. The second kappa shape index (κ2) is 10.4. The number of nitriles is 1. The lowest BCUT2D eigenvalue weighted by molar-refractivity contribution is -0.112. The molecule has 0 spiro atoms. The Morgan fingerprint density at radius 2 is 2.19 bits per heavy atom. The van der Waals surface area contributed by atoms with E-state index >= 15 is 0 Å². The van der Waals surface area contributed by atoms with Crippen molar-refractivity contribution in [3.05, 3.63) is 53.5 Å². The summed E-state index contributed by atoms with van der Waals surface area (Å²) in [4.78, 5) is 28.7. The van der Waals surface area contributed by atoms with Crippen LogP contribution in [-0.4, -0.2) is 34.1 Å². The van der Waals surface area contributed by atoms with Gasteiger partial charge in [0.1, 0.15) is 11.6 Å². The van der Waals surface area contributed by atoms with Gasteiger partial charge in [-0.3, -0.25) is 10.1 Å². The van der Waals surface area contributed by atoms with Crippen LogP contribution in [0.4, 0.5) is 5.13 Å². The van der Waals surface area contributed by atoms with E-state index in [1.54, 1.807) is 25.1 Å². The first kappa shape index (κ1) is 22.1. The minimum atomic E-state index is -0.673. The number of benzene rings is 1. The number of furan rings is 1. The summed E-state index contributed by atoms with van der Waals surface area (Å²) in [5.74, 6) is -0.772. The van der Waals surface area contributed by atoms with E-state index in [2.05, 4.69) is 14.7 Å². The predicted octanol–water partition coefficient (Wildman–Crippen LogP) is 4.02. The number of hydrogen-bond acceptors (Lipinski definition) is 10. The Labute approximate surface area is 185 Å². The number of esters is 1. The Hall–Kier alpha value is -3.62. The van der Waals surface area contributed by atoms with Crippen molar-refractivity contribution in [3.63, 3.8) is 0 Å². The lowest BCUT2D eigenvalue weighted by atomic mass is 10.1. The Morgan fingerprint density at radius 3 is 2.84 bits per heavy atom. The number of nitrogens with one attached hydrogen (secondary N) is 1. The lowest BCUT2D eigenvalue weighted by Gasteiger charge is -2.11. The fraction of sp³-hybridized carbons (Fsp3) is 0.150. The summed E-state index contributed by atoms with van der Waals surface area (Å²) in [5, 5.41) is 12.8. The highest BCUT2D eigenvalue weighted by Gasteiger charge is 2.17. The molecule has 0 radical (unpaired) electrons. The third-order valence-electron chi connectivity index (χ3n) is 3.68. The number of carbonyl (C=O) groups is 2. The molecule has 158 valence electrons. The first-order valence-electron chi connectivity index (χ1n) is 8.87. The summed E-state index contributed by atoms with van der Waals surface area (Å²) in [5.41, 5.74) is 0.374. The van der Waals surface area contributed by atoms with Gasteiger partial charge in [0.25, 0.3) is 5.91 Å². The molecule has 2 heterocycles. The highest BCUT2D eigenvalue weighted by atomic mass is 32.2. The topological polar surface area (TPSA) is 127 Å². The third kappa shape index (κ3) is 5.71. The van der Waals surface area contributed by atoms with Gasteiger partial charge in [0.15, 0.2) is 11.5 Å². The number of nitrogens with zero attached hydrogens (tertiary/aromatic N) is 3. The van der Waals surface area contributed by atoms with Gasteiger partial charge in [-0.15, -0.1) is 0 Å². The molecule has 0 fully saturated rings. The van der Waals surface area contributed by atoms with E-state index in [1.165, 1.54) is 36.2 Å². The quantitative estimate of drug-likeness (QED) is 0.176. The van der Waals surface area contributed by atoms with Crippen LogP contribution in [0.3, 0.4) is 0 Å². The molecule has 0 saturated heterocycles. The molecule has 31 heavy (non-hydrogen) atoms. The number of amides is 1. The van der Waals surface area contributed by atoms with Crippen molar-refractivity contribution in [1.29, 1.82) is 5.26 Å². The van der Waals surface area contributed by atoms with Crippen LogP contribution >= 0.6 is 23.3 Å². The van der Waals surface area contributed by atoms with Gasteiger partial charge in [-0.05, 0) is 49.1 Å². The zero-order valence-corrected chi connectivity index (χ0v) is 18.1. The van der Waals surface area contributed by atoms with E-state index in [-0.39, 0.29) is 22.8 Å². The van der Waals surface area contributed by atoms with Gasteiger partial charge in [-0.1, -0.05) is 17.8 Å². The highest BCUT2D eigenvalue weighted by molar-refractivity contribution is 7.98. The van der Waals surface area contributed by atoms with Crippen LogP contribution in [0.1, 0.15) is 23.0 Å². The fourth-order valence-corrected chi connectivity index (χ4v) is 3.46. The van der Waals surface area contributed by atoms with E-state index in [1.807, 2.05) is 12.3 Å². The summed E-state index contributed by atoms with van der Waals surface area (Å²) in [6.45, 7) is 2.10. The molecule has 0 aliphatic rings. The maximum Gasteiger partial charge on any atom is 0.379 e. The average molecular weight is 457 g/mol. The van der Waals surface area contributed by atoms with Crippen LogP contribution in [0.5, 0.6) is 11.5 Å². The smallest absolute Gasteiger partial charge is 0.379 e. The first-order valence-corrected chi connectivity index (χ1v) is 10.9. The average Bonchev–Trinajstić information content (AvgIpc) is 3.46. The second-order valence-corrected chi connectivity index (χ2v) is 7.24. The Morgan fingerprint density at radius 1 is 1.35 bits per heavy atom. The summed E-state index contributed by atoms with van der Waals surface area (Å²) < 4.78 is 20.0. The molecule has 1 aromatic carbocycles. The molecule has 1 N–H and O–H groups in total. The molecular formula is C20H16N4O5S2. The fourth-order valence-electron chi connectivity index (χ4n) is 2.34. The largest absolute Gasteiger partial charge is 0.490 e. The van der Waals surface area contributed by atoms with Crippen molar-refractivity contribution in [1.82, 2.24) is 9.36 Å². The molecule has 0 aliphatic carbocycles. The molecule has 0 saturated carbocycles. The van der Waals surface area contributed by atoms with E-state index in [0.717, 1.165) is 11.5 Å². The molecule has 2 aromatic heterocycles. The number of carbonyl (C=O) groups excluding carboxylic acids is 2. The lowest BCUT2D eigenvalue weighted by Crippen LogP contribution is -2.13. The number of ether oxygens (including phenoxy) is 2. The molecule has 9 nitrogen and oxygen atoms in total. The van der Waals surface area contributed by atoms with Crippen molar-refractivity contribution in [2.24, 2.45) is 0 Å². The third-order valence-corrected chi connectivity index (χ3v) is 4.97. The molecule has 1 amide bonds. The van der Waals surface area contributed by atoms with Crippen LogP contribution < -0.4 is 14.8 Å². The summed E-state index contributed by atoms with van der Waals surface area (Å²) >= 11 is 2.37. The van der Waals surface area contributed by atoms with Gasteiger partial charge in [-0.2, -0.15) is 14.6 Å². The molecule has 3 rings (SSSR count). The maximum atomic E-state index is 12.4. The minimum absolute atomic E-state index is 0.0520. The van der Waals surface area contributed by atoms with Gasteiger partial charge in [-0.25, -0.2) is 4.79 Å². The van der Waals surface area contributed by atoms with E-state index in [4.69, 9.17) is 13.9 Å². The molecule has 0 bridgehead atoms. The van der Waals surface area contributed by atoms with Crippen molar-refractivity contribution in [3.8, 4) is 17.6 Å². The van der Waals surface area contributed by atoms with Crippen LogP contribution in [0.25, 0.3) is 6.08 Å². The summed E-state index contributed by atoms with van der Waals surface area (Å²) in [7, 11) is 0. The Balaban J connectivity index is 1.80. The van der Waals surface area contributed by atoms with Crippen molar-refractivity contribution in [2.45, 2.75) is 12.1 Å². The van der Waals surface area contributed by atoms with Crippen LogP contribution in [0.2, 0.25) is 0 Å². The van der Waals surface area contributed by atoms with Gasteiger partial charge in [0, 0.05) is 11.5 Å². The molecule has 11 heteroatoms. The highest BCUT2D eigenvalue weighted by Crippen LogP contribution is 2.30. The predicted molar refractivity (Wildman–Crippen MR) is 115 cm³/mol. The van der Waals surface area contributed by atoms with E-state index in [0.29, 0.717) is 22.5 Å². The minimum Gasteiger partial charge on any atom is -0.490 e. The maximum absolute atomic E-state index is 12.4. The van der Waals surface area contributed by atoms with Gasteiger partial charge < -0.3 is 13.9 Å². The van der Waals surface area contributed by atoms with Gasteiger partial charge in [0.2, 0.25) is 16.0 Å². The number of hydrogen-bond donors (Lipinski definition) is 1. The van der Waals surface area contributed by atoms with Crippen molar-refractivity contribution < 1.29 is 23.5 Å². The molecular weight excluding hydrogens is 440 g/mol. The summed E-state index contributed by atoms with van der Waals surface area (Å²) in [6.07, 6.45) is 4.58. The van der Waals surface area contributed by atoms with Crippen LogP contribution in [0.15, 0.2) is 51.7 Å². The number of rotatable bonds is 8. The molecule has 3 aromatic rings. The molecule has 0 atom stereocenters. The van der Waals surface area contributed by atoms with Crippen LogP contribution in [-0.2, 0) is 4.79 Å². The van der Waals surface area contributed by atoms with Gasteiger partial charge >= 0.3 is 5.97 Å². The van der Waals surface area contributed by atoms with Crippen molar-refractivity contribution >= 4 is 46.4 Å². The molecule has 0 unspecified atom stereocenters. The SMILES string of the molecule is CCOc1cc(/C=C(/C#N)C(=O)Nc2nc(SC)ns2)ccc1OC(=O)c1ccco1. The monoisotopic (exact) mass is 456 g/mol. The van der Waals surface area contributed by atoms with Crippen molar-refractivity contribution in [2.75, 3.05) is 18.2 Å². The zero-order valence-electron chi connectivity index (χ0n) is 16.4. The number of thioether (sulfide) groups is 1. The standard InChI is InChI=1S/C20H16N4O5S2/c1-3-27-16-10-12(6-7-14(16)29-18(26)15-5-4-8-28-15)9-13(11-21)17(25)22-19-23-20(30-2)24-31-19/h4-10H,3H2,1-2H3,(H,22,23,24,25)/b13-9-. The molecule has 0 aliphatic heterocycles. The first-order chi connectivity index (χ1) is 15.0. The summed E-state index contributed by atoms with van der Waals surface area (Å²) in [6, 6.07) is 9.60. The van der Waals surface area contributed by atoms with E-state index < -0.39 is 11.9 Å². The van der Waals surface area contributed by atoms with E-state index in [9.17, 15) is 14.9 Å². The second-order valence-electron chi connectivity index (χ2n) is 5.72. The Kier molecular flexibility index (Phi) is 7.42.